The Hall–Kier alpha value is -3.30. The highest BCUT2D eigenvalue weighted by atomic mass is 16.6. The average molecular weight is 372 g/mol. The number of pyridine rings is 1. The maximum atomic E-state index is 12.7. The summed E-state index contributed by atoms with van der Waals surface area (Å²) in [6, 6.07) is 1.23. The number of hydrogen-bond donors (Lipinski definition) is 1. The predicted molar refractivity (Wildman–Crippen MR) is 95.2 cm³/mol. The number of nitrogens with zero attached hydrogens (tertiary/aromatic N) is 5. The van der Waals surface area contributed by atoms with Crippen molar-refractivity contribution in [3.05, 3.63) is 51.6 Å². The third kappa shape index (κ3) is 4.10. The third-order valence-corrected chi connectivity index (χ3v) is 4.60. The number of nitrogens with one attached hydrogen (secondary N) is 1. The molecule has 10 nitrogen and oxygen atoms in total. The molecule has 3 heterocycles. The molecule has 142 valence electrons. The molecule has 1 aliphatic rings. The Kier molecular flexibility index (Phi) is 5.15. The molecular weight excluding hydrogens is 352 g/mol. The van der Waals surface area contributed by atoms with Crippen LogP contribution in [0.1, 0.15) is 39.3 Å². The molecule has 0 aromatic carbocycles. The summed E-state index contributed by atoms with van der Waals surface area (Å²) in [5.41, 5.74) is 0.983. The summed E-state index contributed by atoms with van der Waals surface area (Å²) in [7, 11) is 1.74. The molecule has 0 unspecified atom stereocenters. The predicted octanol–water partition coefficient (Wildman–Crippen LogP) is 1.07. The first-order valence-corrected chi connectivity index (χ1v) is 8.55. The molecule has 0 radical (unpaired) electrons. The highest BCUT2D eigenvalue weighted by Gasteiger charge is 2.27. The van der Waals surface area contributed by atoms with Gasteiger partial charge in [0.15, 0.2) is 0 Å². The fourth-order valence-electron chi connectivity index (χ4n) is 3.04. The molecular formula is C17H20N6O4. The van der Waals surface area contributed by atoms with Crippen LogP contribution in [0.25, 0.3) is 0 Å². The van der Waals surface area contributed by atoms with E-state index >= 15 is 0 Å². The van der Waals surface area contributed by atoms with Gasteiger partial charge in [-0.2, -0.15) is 5.10 Å². The van der Waals surface area contributed by atoms with Gasteiger partial charge in [0.1, 0.15) is 6.20 Å². The van der Waals surface area contributed by atoms with E-state index in [1.165, 1.54) is 12.3 Å². The zero-order valence-corrected chi connectivity index (χ0v) is 15.1. The van der Waals surface area contributed by atoms with E-state index in [2.05, 4.69) is 15.4 Å². The van der Waals surface area contributed by atoms with E-state index in [9.17, 15) is 19.7 Å². The van der Waals surface area contributed by atoms with Gasteiger partial charge in [-0.3, -0.25) is 29.4 Å². The maximum absolute atomic E-state index is 12.7. The largest absolute Gasteiger partial charge is 0.349 e. The number of piperidine rings is 1. The number of aryl methyl sites for hydroxylation is 2. The van der Waals surface area contributed by atoms with E-state index in [4.69, 9.17) is 0 Å². The van der Waals surface area contributed by atoms with Crippen LogP contribution in [-0.4, -0.2) is 55.5 Å². The topological polar surface area (TPSA) is 123 Å². The Labute approximate surface area is 155 Å². The van der Waals surface area contributed by atoms with Gasteiger partial charge < -0.3 is 10.2 Å². The number of carbonyl (C=O) groups excluding carboxylic acids is 2. The van der Waals surface area contributed by atoms with Crippen LogP contribution >= 0.6 is 0 Å². The van der Waals surface area contributed by atoms with E-state index in [1.54, 1.807) is 29.7 Å². The van der Waals surface area contributed by atoms with Gasteiger partial charge in [0, 0.05) is 38.4 Å². The molecule has 2 aromatic heterocycles. The molecule has 27 heavy (non-hydrogen) atoms. The number of nitro groups is 1. The van der Waals surface area contributed by atoms with Gasteiger partial charge in [0.05, 0.1) is 27.9 Å². The molecule has 0 bridgehead atoms. The molecule has 3 rings (SSSR count). The molecule has 0 saturated carbocycles. The second kappa shape index (κ2) is 7.52. The lowest BCUT2D eigenvalue weighted by atomic mass is 10.0. The number of carbonyl (C=O) groups is 2. The smallest absolute Gasteiger partial charge is 0.288 e. The first-order chi connectivity index (χ1) is 12.8. The van der Waals surface area contributed by atoms with Gasteiger partial charge in [-0.25, -0.2) is 0 Å². The molecule has 0 atom stereocenters. The van der Waals surface area contributed by atoms with Crippen LogP contribution in [0, 0.1) is 17.0 Å². The Bertz CT molecular complexity index is 885. The number of rotatable bonds is 4. The Morgan fingerprint density at radius 1 is 1.30 bits per heavy atom. The third-order valence-electron chi connectivity index (χ3n) is 4.60. The molecule has 0 aliphatic carbocycles. The quantitative estimate of drug-likeness (QED) is 0.632. The van der Waals surface area contributed by atoms with Crippen molar-refractivity contribution >= 4 is 17.5 Å². The summed E-state index contributed by atoms with van der Waals surface area (Å²) in [6.45, 7) is 2.57. The van der Waals surface area contributed by atoms with Crippen molar-refractivity contribution < 1.29 is 14.5 Å². The zero-order valence-electron chi connectivity index (χ0n) is 15.1. The maximum Gasteiger partial charge on any atom is 0.288 e. The van der Waals surface area contributed by atoms with Crippen LogP contribution in [0.5, 0.6) is 0 Å². The summed E-state index contributed by atoms with van der Waals surface area (Å²) in [4.78, 5) is 40.9. The highest BCUT2D eigenvalue weighted by Crippen LogP contribution is 2.19. The van der Waals surface area contributed by atoms with Crippen molar-refractivity contribution in [2.75, 3.05) is 13.1 Å². The molecule has 2 aromatic rings. The summed E-state index contributed by atoms with van der Waals surface area (Å²) >= 11 is 0. The van der Waals surface area contributed by atoms with Crippen molar-refractivity contribution in [1.82, 2.24) is 25.0 Å². The zero-order chi connectivity index (χ0) is 19.6. The molecule has 10 heteroatoms. The minimum Gasteiger partial charge on any atom is -0.349 e. The molecule has 1 aliphatic heterocycles. The SMILES string of the molecule is Cc1ncc([N+](=O)[O-])cc1C(=O)N1CCC(NC(=O)c2cnn(C)c2)CC1. The lowest BCUT2D eigenvalue weighted by Crippen LogP contribution is -2.46. The molecule has 1 N–H and O–H groups in total. The standard InChI is InChI=1S/C17H20N6O4/c1-11-15(7-14(9-18-11)23(26)27)17(25)22-5-3-13(4-6-22)20-16(24)12-8-19-21(2)10-12/h7-10,13H,3-6H2,1-2H3,(H,20,24). The summed E-state index contributed by atoms with van der Waals surface area (Å²) in [5.74, 6) is -0.465. The van der Waals surface area contributed by atoms with Gasteiger partial charge in [-0.15, -0.1) is 0 Å². The molecule has 0 spiro atoms. The first-order valence-electron chi connectivity index (χ1n) is 8.55. The minimum absolute atomic E-state index is 0.0360. The van der Waals surface area contributed by atoms with Gasteiger partial charge in [0.25, 0.3) is 17.5 Å². The number of amides is 2. The second-order valence-electron chi connectivity index (χ2n) is 6.53. The normalized spacial score (nSPS) is 14.8. The van der Waals surface area contributed by atoms with Crippen LogP contribution in [0.3, 0.4) is 0 Å². The summed E-state index contributed by atoms with van der Waals surface area (Å²) < 4.78 is 1.56. The average Bonchev–Trinajstić information content (AvgIpc) is 3.08. The number of aromatic nitrogens is 3. The van der Waals surface area contributed by atoms with Gasteiger partial charge >= 0.3 is 0 Å². The molecule has 1 saturated heterocycles. The Morgan fingerprint density at radius 2 is 2.00 bits per heavy atom. The summed E-state index contributed by atoms with van der Waals surface area (Å²) in [6.07, 6.45) is 5.52. The van der Waals surface area contributed by atoms with Crippen molar-refractivity contribution in [3.63, 3.8) is 0 Å². The van der Waals surface area contributed by atoms with Crippen molar-refractivity contribution in [1.29, 1.82) is 0 Å². The fourth-order valence-corrected chi connectivity index (χ4v) is 3.04. The van der Waals surface area contributed by atoms with Crippen LogP contribution in [-0.2, 0) is 7.05 Å². The Morgan fingerprint density at radius 3 is 2.59 bits per heavy atom. The Balaban J connectivity index is 1.60. The lowest BCUT2D eigenvalue weighted by Gasteiger charge is -2.32. The van der Waals surface area contributed by atoms with Crippen LogP contribution in [0.4, 0.5) is 5.69 Å². The highest BCUT2D eigenvalue weighted by molar-refractivity contribution is 5.96. The lowest BCUT2D eigenvalue weighted by molar-refractivity contribution is -0.385. The van der Waals surface area contributed by atoms with Crippen LogP contribution < -0.4 is 5.32 Å². The first kappa shape index (κ1) is 18.5. The number of likely N-dealkylation sites (tertiary alicyclic amines) is 1. The van der Waals surface area contributed by atoms with E-state index in [0.717, 1.165) is 6.20 Å². The van der Waals surface area contributed by atoms with Crippen LogP contribution in [0.2, 0.25) is 0 Å². The second-order valence-corrected chi connectivity index (χ2v) is 6.53. The van der Waals surface area contributed by atoms with Gasteiger partial charge in [-0.1, -0.05) is 0 Å². The van der Waals surface area contributed by atoms with Crippen molar-refractivity contribution in [2.24, 2.45) is 7.05 Å². The fraction of sp³-hybridized carbons (Fsp3) is 0.412. The minimum atomic E-state index is -0.566. The van der Waals surface area contributed by atoms with Gasteiger partial charge in [-0.05, 0) is 19.8 Å². The number of hydrogen-bond acceptors (Lipinski definition) is 6. The molecule has 1 fully saturated rings. The van der Waals surface area contributed by atoms with Crippen molar-refractivity contribution in [3.8, 4) is 0 Å². The van der Waals surface area contributed by atoms with Crippen LogP contribution in [0.15, 0.2) is 24.7 Å². The van der Waals surface area contributed by atoms with Gasteiger partial charge in [0.2, 0.25) is 0 Å². The van der Waals surface area contributed by atoms with E-state index in [-0.39, 0.29) is 29.1 Å². The van der Waals surface area contributed by atoms with E-state index in [0.29, 0.717) is 37.2 Å². The summed E-state index contributed by atoms with van der Waals surface area (Å²) in [5, 5.41) is 17.8. The van der Waals surface area contributed by atoms with E-state index in [1.807, 2.05) is 0 Å². The molecule has 2 amide bonds. The van der Waals surface area contributed by atoms with Crippen molar-refractivity contribution in [2.45, 2.75) is 25.8 Å². The van der Waals surface area contributed by atoms with E-state index < -0.39 is 4.92 Å². The monoisotopic (exact) mass is 372 g/mol.